The fourth-order valence-electron chi connectivity index (χ4n) is 2.91. The Hall–Kier alpha value is -1.52. The van der Waals surface area contributed by atoms with Gasteiger partial charge in [-0.05, 0) is 24.5 Å². The summed E-state index contributed by atoms with van der Waals surface area (Å²) in [4.78, 5) is 8.62. The van der Waals surface area contributed by atoms with Crippen LogP contribution in [0.3, 0.4) is 0 Å². The summed E-state index contributed by atoms with van der Waals surface area (Å²) in [6, 6.07) is 0. The third-order valence-electron chi connectivity index (χ3n) is 4.13. The summed E-state index contributed by atoms with van der Waals surface area (Å²) in [5, 5.41) is 9.11. The highest BCUT2D eigenvalue weighted by atomic mass is 32.2. The van der Waals surface area contributed by atoms with Crippen LogP contribution in [0.25, 0.3) is 11.3 Å². The molecule has 2 aromatic rings. The Morgan fingerprint density at radius 2 is 2.08 bits per heavy atom. The largest absolute Gasteiger partial charge is 0.252 e. The monoisotopic (exact) mass is 382 g/mol. The van der Waals surface area contributed by atoms with Gasteiger partial charge in [0.2, 0.25) is 10.0 Å². The minimum absolute atomic E-state index is 0.248. The van der Waals surface area contributed by atoms with Gasteiger partial charge in [0.1, 0.15) is 5.69 Å². The number of hydrogen-bond donors (Lipinski definition) is 0. The van der Waals surface area contributed by atoms with E-state index < -0.39 is 10.0 Å². The maximum absolute atomic E-state index is 11.7. The molecule has 1 aliphatic heterocycles. The Bertz CT molecular complexity index is 806. The van der Waals surface area contributed by atoms with Gasteiger partial charge in [0.05, 0.1) is 12.5 Å². The van der Waals surface area contributed by atoms with Crippen molar-refractivity contribution < 1.29 is 8.42 Å². The topological polar surface area (TPSA) is 93.9 Å². The molecule has 0 saturated carbocycles. The van der Waals surface area contributed by atoms with E-state index in [1.807, 2.05) is 6.20 Å². The SMILES string of the molecule is CCSc1ncc(-c2cn(CC3CCCN(S(C)(=O)=O)C3)nn2)cn1. The first-order valence-electron chi connectivity index (χ1n) is 8.26. The molecule has 0 spiro atoms. The van der Waals surface area contributed by atoms with Gasteiger partial charge in [0.15, 0.2) is 5.16 Å². The van der Waals surface area contributed by atoms with Gasteiger partial charge in [-0.2, -0.15) is 0 Å². The fraction of sp³-hybridized carbons (Fsp3) is 0.600. The lowest BCUT2D eigenvalue weighted by molar-refractivity contribution is 0.239. The van der Waals surface area contributed by atoms with E-state index in [1.165, 1.54) is 6.26 Å². The van der Waals surface area contributed by atoms with Gasteiger partial charge in [-0.3, -0.25) is 4.68 Å². The maximum Gasteiger partial charge on any atom is 0.211 e. The van der Waals surface area contributed by atoms with Crippen molar-refractivity contribution in [3.8, 4) is 11.3 Å². The van der Waals surface area contributed by atoms with Crippen LogP contribution in [0.2, 0.25) is 0 Å². The molecular weight excluding hydrogens is 360 g/mol. The maximum atomic E-state index is 11.7. The van der Waals surface area contributed by atoms with Crippen LogP contribution in [0.5, 0.6) is 0 Å². The zero-order valence-corrected chi connectivity index (χ0v) is 16.0. The van der Waals surface area contributed by atoms with E-state index in [-0.39, 0.29) is 5.92 Å². The summed E-state index contributed by atoms with van der Waals surface area (Å²) in [7, 11) is -3.13. The highest BCUT2D eigenvalue weighted by Gasteiger charge is 2.26. The van der Waals surface area contributed by atoms with Crippen LogP contribution >= 0.6 is 11.8 Å². The van der Waals surface area contributed by atoms with Gasteiger partial charge >= 0.3 is 0 Å². The molecule has 3 rings (SSSR count). The van der Waals surface area contributed by atoms with E-state index in [9.17, 15) is 8.42 Å². The number of thioether (sulfide) groups is 1. The Morgan fingerprint density at radius 1 is 1.32 bits per heavy atom. The quantitative estimate of drug-likeness (QED) is 0.552. The standard InChI is InChI=1S/C15H22N6O2S2/c1-3-24-15-16-7-13(8-17-15)14-11-20(19-18-14)9-12-5-4-6-21(10-12)25(2,22)23/h7-8,11-12H,3-6,9-10H2,1-2H3. The number of piperidine rings is 1. The summed E-state index contributed by atoms with van der Waals surface area (Å²) in [5.74, 6) is 1.18. The first-order chi connectivity index (χ1) is 12.0. The number of hydrogen-bond acceptors (Lipinski definition) is 7. The molecule has 10 heteroatoms. The lowest BCUT2D eigenvalue weighted by Crippen LogP contribution is -2.40. The van der Waals surface area contributed by atoms with Gasteiger partial charge in [-0.15, -0.1) is 5.10 Å². The summed E-state index contributed by atoms with van der Waals surface area (Å²) in [6.45, 7) is 3.87. The van der Waals surface area contributed by atoms with Crippen LogP contribution in [0, 0.1) is 5.92 Å². The van der Waals surface area contributed by atoms with Crippen LogP contribution in [0.4, 0.5) is 0 Å². The molecule has 0 radical (unpaired) electrons. The summed E-state index contributed by atoms with van der Waals surface area (Å²) < 4.78 is 26.8. The van der Waals surface area contributed by atoms with Gasteiger partial charge in [0, 0.05) is 37.6 Å². The van der Waals surface area contributed by atoms with E-state index in [1.54, 1.807) is 33.1 Å². The lowest BCUT2D eigenvalue weighted by atomic mass is 10.00. The van der Waals surface area contributed by atoms with Crippen molar-refractivity contribution in [2.24, 2.45) is 5.92 Å². The van der Waals surface area contributed by atoms with Crippen LogP contribution < -0.4 is 0 Å². The molecule has 0 amide bonds. The molecule has 1 atom stereocenters. The first kappa shape index (κ1) is 18.3. The third kappa shape index (κ3) is 4.77. The van der Waals surface area contributed by atoms with E-state index >= 15 is 0 Å². The Morgan fingerprint density at radius 3 is 2.76 bits per heavy atom. The van der Waals surface area contributed by atoms with Crippen molar-refractivity contribution in [2.75, 3.05) is 25.1 Å². The highest BCUT2D eigenvalue weighted by Crippen LogP contribution is 2.21. The van der Waals surface area contributed by atoms with Crippen LogP contribution in [0.1, 0.15) is 19.8 Å². The molecule has 0 aromatic carbocycles. The molecule has 3 heterocycles. The average Bonchev–Trinajstić information content (AvgIpc) is 3.04. The molecule has 2 aromatic heterocycles. The molecule has 136 valence electrons. The van der Waals surface area contributed by atoms with E-state index in [0.29, 0.717) is 19.6 Å². The van der Waals surface area contributed by atoms with Gasteiger partial charge in [-0.1, -0.05) is 23.9 Å². The van der Waals surface area contributed by atoms with Crippen molar-refractivity contribution in [2.45, 2.75) is 31.5 Å². The van der Waals surface area contributed by atoms with Gasteiger partial charge in [0.25, 0.3) is 0 Å². The molecule has 0 aliphatic carbocycles. The second-order valence-electron chi connectivity index (χ2n) is 6.14. The summed E-state index contributed by atoms with van der Waals surface area (Å²) in [5.41, 5.74) is 1.55. The molecule has 1 fully saturated rings. The number of aromatic nitrogens is 5. The summed E-state index contributed by atoms with van der Waals surface area (Å²) in [6.07, 6.45) is 8.52. The fourth-order valence-corrected chi connectivity index (χ4v) is 4.37. The highest BCUT2D eigenvalue weighted by molar-refractivity contribution is 7.99. The van der Waals surface area contributed by atoms with Crippen molar-refractivity contribution in [1.29, 1.82) is 0 Å². The molecule has 0 N–H and O–H groups in total. The smallest absolute Gasteiger partial charge is 0.211 e. The second kappa shape index (κ2) is 7.79. The predicted octanol–water partition coefficient (Wildman–Crippen LogP) is 1.52. The molecule has 8 nitrogen and oxygen atoms in total. The van der Waals surface area contributed by atoms with Crippen molar-refractivity contribution in [3.05, 3.63) is 18.6 Å². The minimum atomic E-state index is -3.13. The molecule has 1 unspecified atom stereocenters. The Labute approximate surface area is 152 Å². The van der Waals surface area contributed by atoms with Gasteiger partial charge in [-0.25, -0.2) is 22.7 Å². The van der Waals surface area contributed by atoms with Crippen molar-refractivity contribution in [3.63, 3.8) is 0 Å². The summed E-state index contributed by atoms with van der Waals surface area (Å²) >= 11 is 1.59. The molecule has 1 aliphatic rings. The molecular formula is C15H22N6O2S2. The first-order valence-corrected chi connectivity index (χ1v) is 11.1. The number of sulfonamides is 1. The zero-order chi connectivity index (χ0) is 17.9. The third-order valence-corrected chi connectivity index (χ3v) is 6.16. The van der Waals surface area contributed by atoms with Crippen molar-refractivity contribution >= 4 is 21.8 Å². The molecule has 25 heavy (non-hydrogen) atoms. The molecule has 1 saturated heterocycles. The van der Waals surface area contributed by atoms with Gasteiger partial charge < -0.3 is 0 Å². The average molecular weight is 383 g/mol. The van der Waals surface area contributed by atoms with E-state index in [0.717, 1.165) is 35.0 Å². The van der Waals surface area contributed by atoms with E-state index in [2.05, 4.69) is 27.2 Å². The Balaban J connectivity index is 1.65. The normalized spacial score (nSPS) is 19.2. The van der Waals surface area contributed by atoms with Crippen LogP contribution in [-0.4, -0.2) is 62.8 Å². The van der Waals surface area contributed by atoms with Crippen LogP contribution in [-0.2, 0) is 16.6 Å². The zero-order valence-electron chi connectivity index (χ0n) is 14.4. The number of nitrogens with zero attached hydrogens (tertiary/aromatic N) is 6. The van der Waals surface area contributed by atoms with Crippen molar-refractivity contribution in [1.82, 2.24) is 29.3 Å². The lowest BCUT2D eigenvalue weighted by Gasteiger charge is -2.30. The minimum Gasteiger partial charge on any atom is -0.252 e. The Kier molecular flexibility index (Phi) is 5.70. The van der Waals surface area contributed by atoms with E-state index in [4.69, 9.17) is 0 Å². The molecule has 0 bridgehead atoms. The second-order valence-corrected chi connectivity index (χ2v) is 9.36. The van der Waals surface area contributed by atoms with Crippen LogP contribution in [0.15, 0.2) is 23.7 Å². The number of rotatable bonds is 6. The predicted molar refractivity (Wildman–Crippen MR) is 96.6 cm³/mol.